The number of carbonyl (C=O) groups is 1. The van der Waals surface area contributed by atoms with Gasteiger partial charge in [0.1, 0.15) is 0 Å². The van der Waals surface area contributed by atoms with Gasteiger partial charge >= 0.3 is 0 Å². The second kappa shape index (κ2) is 71.9. The van der Waals surface area contributed by atoms with Crippen LogP contribution >= 0.6 is 0 Å². The van der Waals surface area contributed by atoms with Gasteiger partial charge in [0.15, 0.2) is 0 Å². The lowest BCUT2D eigenvalue weighted by Gasteiger charge is -2.19. The Kier molecular flexibility index (Phi) is 70.6. The lowest BCUT2D eigenvalue weighted by molar-refractivity contribution is -0.123. The zero-order valence-corrected chi connectivity index (χ0v) is 54.9. The van der Waals surface area contributed by atoms with Gasteiger partial charge in [-0.05, 0) is 44.9 Å². The lowest BCUT2D eigenvalue weighted by Crippen LogP contribution is -2.45. The van der Waals surface area contributed by atoms with E-state index in [2.05, 4.69) is 43.5 Å². The molecule has 2 unspecified atom stereocenters. The third kappa shape index (κ3) is 67.4. The summed E-state index contributed by atoms with van der Waals surface area (Å²) in [5.74, 6) is -0.0689. The fourth-order valence-corrected chi connectivity index (χ4v) is 12.0. The SMILES string of the molecule is CCCCCCCCCCCCCCCCCCCCC/C=C/CC/C=C/CC/C=C/C(O)C(CO)NC(=O)CCCCCCCCCCCCCCCCCCCCCCCCCCCCCCCCCCCCCCCCC. The van der Waals surface area contributed by atoms with Crippen LogP contribution in [0.2, 0.25) is 0 Å². The van der Waals surface area contributed by atoms with Gasteiger partial charge < -0.3 is 15.5 Å². The number of aliphatic hydroxyl groups excluding tert-OH is 2. The second-order valence-corrected chi connectivity index (χ2v) is 25.7. The van der Waals surface area contributed by atoms with Crippen LogP contribution in [0.15, 0.2) is 36.5 Å². The number of carbonyl (C=O) groups excluding carboxylic acids is 1. The number of amides is 1. The molecule has 3 N–H and O–H groups in total. The minimum absolute atomic E-state index is 0.0689. The molecule has 0 fully saturated rings. The summed E-state index contributed by atoms with van der Waals surface area (Å²) in [7, 11) is 0. The summed E-state index contributed by atoms with van der Waals surface area (Å²) in [6.45, 7) is 4.35. The number of aliphatic hydroxyl groups is 2. The molecule has 4 nitrogen and oxygen atoms in total. The van der Waals surface area contributed by atoms with Gasteiger partial charge in [-0.1, -0.05) is 410 Å². The number of nitrogens with one attached hydrogen (secondary N) is 1. The standard InChI is InChI=1S/C76H147NO3/c1-3-5-7-9-11-13-15-17-19-21-23-25-27-29-31-33-34-35-36-37-38-39-40-41-42-44-46-48-50-52-54-56-58-60-62-64-66-68-70-72-76(80)77-74(73-78)75(79)71-69-67-65-63-61-59-57-55-53-51-49-47-45-43-32-30-28-26-24-22-20-18-16-14-12-10-8-6-4-2/h53,55,61,63,69,71,74-75,78-79H,3-52,54,56-60,62,64-68,70,72-73H2,1-2H3,(H,77,80)/b55-53+,63-61+,71-69+. The Morgan fingerprint density at radius 2 is 0.487 bits per heavy atom. The third-order valence-corrected chi connectivity index (χ3v) is 17.6. The van der Waals surface area contributed by atoms with Crippen molar-refractivity contribution in [3.63, 3.8) is 0 Å². The molecule has 1 amide bonds. The molecular weight excluding hydrogens is 975 g/mol. The van der Waals surface area contributed by atoms with E-state index in [9.17, 15) is 15.0 Å². The summed E-state index contributed by atoms with van der Waals surface area (Å²) >= 11 is 0. The molecule has 4 heteroatoms. The maximum absolute atomic E-state index is 12.5. The van der Waals surface area contributed by atoms with Gasteiger partial charge in [-0.3, -0.25) is 4.79 Å². The zero-order valence-electron chi connectivity index (χ0n) is 54.9. The molecule has 0 aromatic carbocycles. The summed E-state index contributed by atoms with van der Waals surface area (Å²) in [6.07, 6.45) is 99.9. The average molecular weight is 1120 g/mol. The number of hydrogen-bond donors (Lipinski definition) is 3. The van der Waals surface area contributed by atoms with Crippen LogP contribution < -0.4 is 5.32 Å². The smallest absolute Gasteiger partial charge is 0.220 e. The fraction of sp³-hybridized carbons (Fsp3) is 0.908. The topological polar surface area (TPSA) is 69.6 Å². The van der Waals surface area contributed by atoms with Gasteiger partial charge in [-0.15, -0.1) is 0 Å². The van der Waals surface area contributed by atoms with E-state index in [0.29, 0.717) is 6.42 Å². The quantitative estimate of drug-likeness (QED) is 0.0420. The molecule has 0 aliphatic heterocycles. The van der Waals surface area contributed by atoms with Gasteiger partial charge in [0.25, 0.3) is 0 Å². The molecular formula is C76H147NO3. The molecule has 0 radical (unpaired) electrons. The molecule has 0 aliphatic carbocycles. The molecule has 0 saturated carbocycles. The summed E-state index contributed by atoms with van der Waals surface area (Å²) in [4.78, 5) is 12.5. The molecule has 0 spiro atoms. The summed E-state index contributed by atoms with van der Waals surface area (Å²) in [6, 6.07) is -0.646. The predicted molar refractivity (Wildman–Crippen MR) is 359 cm³/mol. The minimum Gasteiger partial charge on any atom is -0.394 e. The normalized spacial score (nSPS) is 12.8. The van der Waals surface area contributed by atoms with Crippen LogP contribution in [0.4, 0.5) is 0 Å². The van der Waals surface area contributed by atoms with Crippen LogP contribution in [-0.4, -0.2) is 34.9 Å². The molecule has 474 valence electrons. The van der Waals surface area contributed by atoms with Crippen molar-refractivity contribution in [2.45, 2.75) is 437 Å². The van der Waals surface area contributed by atoms with E-state index in [-0.39, 0.29) is 12.5 Å². The van der Waals surface area contributed by atoms with Crippen LogP contribution in [0.3, 0.4) is 0 Å². The molecule has 0 aromatic heterocycles. The van der Waals surface area contributed by atoms with E-state index in [1.165, 1.54) is 366 Å². The van der Waals surface area contributed by atoms with E-state index in [0.717, 1.165) is 38.5 Å². The Hall–Kier alpha value is -1.39. The first-order valence-corrected chi connectivity index (χ1v) is 37.2. The van der Waals surface area contributed by atoms with Crippen LogP contribution in [0.1, 0.15) is 425 Å². The third-order valence-electron chi connectivity index (χ3n) is 17.6. The van der Waals surface area contributed by atoms with Crippen molar-refractivity contribution in [1.29, 1.82) is 0 Å². The van der Waals surface area contributed by atoms with Crippen molar-refractivity contribution in [3.05, 3.63) is 36.5 Å². The van der Waals surface area contributed by atoms with Crippen molar-refractivity contribution in [3.8, 4) is 0 Å². The van der Waals surface area contributed by atoms with Crippen molar-refractivity contribution in [2.24, 2.45) is 0 Å². The van der Waals surface area contributed by atoms with E-state index < -0.39 is 12.1 Å². The molecule has 0 aromatic rings. The van der Waals surface area contributed by atoms with E-state index >= 15 is 0 Å². The summed E-state index contributed by atoms with van der Waals surface area (Å²) in [5, 5.41) is 23.3. The zero-order chi connectivity index (χ0) is 57.6. The van der Waals surface area contributed by atoms with E-state index in [1.54, 1.807) is 6.08 Å². The molecule has 0 heterocycles. The Balaban J connectivity index is 3.42. The average Bonchev–Trinajstić information content (AvgIpc) is 3.46. The first-order chi connectivity index (χ1) is 39.7. The lowest BCUT2D eigenvalue weighted by atomic mass is 10.0. The molecule has 0 saturated heterocycles. The monoisotopic (exact) mass is 1120 g/mol. The van der Waals surface area contributed by atoms with Crippen LogP contribution in [0.25, 0.3) is 0 Å². The highest BCUT2D eigenvalue weighted by atomic mass is 16.3. The van der Waals surface area contributed by atoms with Gasteiger partial charge in [0, 0.05) is 6.42 Å². The highest BCUT2D eigenvalue weighted by Gasteiger charge is 2.18. The Bertz CT molecular complexity index is 1230. The van der Waals surface area contributed by atoms with Crippen molar-refractivity contribution in [1.82, 2.24) is 5.32 Å². The van der Waals surface area contributed by atoms with Crippen molar-refractivity contribution < 1.29 is 15.0 Å². The molecule has 80 heavy (non-hydrogen) atoms. The Morgan fingerprint density at radius 3 is 0.725 bits per heavy atom. The van der Waals surface area contributed by atoms with E-state index in [1.807, 2.05) is 6.08 Å². The van der Waals surface area contributed by atoms with E-state index in [4.69, 9.17) is 0 Å². The maximum Gasteiger partial charge on any atom is 0.220 e. The minimum atomic E-state index is -0.871. The maximum atomic E-state index is 12.5. The van der Waals surface area contributed by atoms with Gasteiger partial charge in [0.2, 0.25) is 5.91 Å². The van der Waals surface area contributed by atoms with Crippen molar-refractivity contribution >= 4 is 5.91 Å². The predicted octanol–water partition coefficient (Wildman–Crippen LogP) is 25.5. The highest BCUT2D eigenvalue weighted by Crippen LogP contribution is 2.20. The largest absolute Gasteiger partial charge is 0.394 e. The van der Waals surface area contributed by atoms with Gasteiger partial charge in [-0.2, -0.15) is 0 Å². The van der Waals surface area contributed by atoms with Gasteiger partial charge in [-0.25, -0.2) is 0 Å². The second-order valence-electron chi connectivity index (χ2n) is 25.7. The van der Waals surface area contributed by atoms with Crippen LogP contribution in [0.5, 0.6) is 0 Å². The Labute approximate surface area is 503 Å². The first kappa shape index (κ1) is 78.6. The number of hydrogen-bond acceptors (Lipinski definition) is 3. The number of allylic oxidation sites excluding steroid dienone is 5. The summed E-state index contributed by atoms with van der Waals surface area (Å²) in [5.41, 5.74) is 0. The highest BCUT2D eigenvalue weighted by molar-refractivity contribution is 5.76. The van der Waals surface area contributed by atoms with Crippen LogP contribution in [-0.2, 0) is 4.79 Å². The number of rotatable bonds is 70. The summed E-state index contributed by atoms with van der Waals surface area (Å²) < 4.78 is 0. The molecule has 2 atom stereocenters. The number of unbranched alkanes of at least 4 members (excludes halogenated alkanes) is 59. The molecule has 0 aliphatic rings. The Morgan fingerprint density at radius 1 is 0.287 bits per heavy atom. The molecule has 0 bridgehead atoms. The van der Waals surface area contributed by atoms with Crippen molar-refractivity contribution in [2.75, 3.05) is 6.61 Å². The van der Waals surface area contributed by atoms with Gasteiger partial charge in [0.05, 0.1) is 18.8 Å². The first-order valence-electron chi connectivity index (χ1n) is 37.2. The fourth-order valence-electron chi connectivity index (χ4n) is 12.0. The van der Waals surface area contributed by atoms with Crippen LogP contribution in [0, 0.1) is 0 Å². The molecule has 0 rings (SSSR count).